The lowest BCUT2D eigenvalue weighted by Crippen LogP contribution is -2.43. The van der Waals surface area contributed by atoms with Crippen LogP contribution in [0.5, 0.6) is 0 Å². The fourth-order valence-electron chi connectivity index (χ4n) is 3.10. The van der Waals surface area contributed by atoms with Gasteiger partial charge in [-0.1, -0.05) is 20.3 Å². The maximum Gasteiger partial charge on any atom is 0.0778 e. The van der Waals surface area contributed by atoms with Crippen molar-refractivity contribution >= 4 is 0 Å². The van der Waals surface area contributed by atoms with Crippen molar-refractivity contribution in [1.82, 2.24) is 21.6 Å². The Kier molecular flexibility index (Phi) is 6.71. The zero-order valence-corrected chi connectivity index (χ0v) is 13.2. The molecule has 5 heteroatoms. The number of rotatable bonds is 8. The Morgan fingerprint density at radius 2 is 2.20 bits per heavy atom. The summed E-state index contributed by atoms with van der Waals surface area (Å²) < 4.78 is 0. The molecular weight excluding hydrogens is 252 g/mol. The van der Waals surface area contributed by atoms with E-state index in [1.54, 1.807) is 0 Å². The van der Waals surface area contributed by atoms with Crippen molar-refractivity contribution in [2.24, 2.45) is 11.8 Å². The SMILES string of the molecule is CCC(CCC(C)C1CC(C)ON1)CNC1CCNN1. The third-order valence-corrected chi connectivity index (χ3v) is 4.79. The van der Waals surface area contributed by atoms with Gasteiger partial charge < -0.3 is 5.32 Å². The standard InChI is InChI=1S/C15H32N4O/c1-4-13(10-16-15-7-8-17-18-15)6-5-11(2)14-9-12(3)20-19-14/h11-19H,4-10H2,1-3H3. The van der Waals surface area contributed by atoms with Crippen molar-refractivity contribution in [1.29, 1.82) is 0 Å². The van der Waals surface area contributed by atoms with Crippen LogP contribution < -0.4 is 21.6 Å². The monoisotopic (exact) mass is 284 g/mol. The minimum absolute atomic E-state index is 0.368. The van der Waals surface area contributed by atoms with Gasteiger partial charge in [-0.2, -0.15) is 5.48 Å². The molecule has 118 valence electrons. The van der Waals surface area contributed by atoms with Gasteiger partial charge >= 0.3 is 0 Å². The Morgan fingerprint density at radius 3 is 2.80 bits per heavy atom. The molecule has 2 aliphatic heterocycles. The highest BCUT2D eigenvalue weighted by Gasteiger charge is 2.27. The molecule has 0 aromatic heterocycles. The van der Waals surface area contributed by atoms with Gasteiger partial charge in [-0.25, -0.2) is 5.43 Å². The number of nitrogens with one attached hydrogen (secondary N) is 4. The predicted octanol–water partition coefficient (Wildman–Crippen LogP) is 1.52. The Hall–Kier alpha value is -0.200. The molecule has 2 saturated heterocycles. The van der Waals surface area contributed by atoms with E-state index in [2.05, 4.69) is 42.4 Å². The number of hydrazine groups is 1. The number of hydrogen-bond acceptors (Lipinski definition) is 5. The molecule has 2 aliphatic rings. The minimum Gasteiger partial charge on any atom is -0.301 e. The van der Waals surface area contributed by atoms with Crippen LogP contribution in [0.25, 0.3) is 0 Å². The first-order chi connectivity index (χ1) is 9.69. The summed E-state index contributed by atoms with van der Waals surface area (Å²) in [6.07, 6.45) is 6.98. The lowest BCUT2D eigenvalue weighted by atomic mass is 9.89. The first-order valence-corrected chi connectivity index (χ1v) is 8.32. The van der Waals surface area contributed by atoms with Gasteiger partial charge in [0.1, 0.15) is 0 Å². The molecule has 2 rings (SSSR count). The third-order valence-electron chi connectivity index (χ3n) is 4.79. The summed E-state index contributed by atoms with van der Waals surface area (Å²) in [5.74, 6) is 1.47. The fourth-order valence-corrected chi connectivity index (χ4v) is 3.10. The van der Waals surface area contributed by atoms with E-state index in [0.29, 0.717) is 24.2 Å². The van der Waals surface area contributed by atoms with Crippen LogP contribution in [0, 0.1) is 11.8 Å². The van der Waals surface area contributed by atoms with Crippen LogP contribution in [0.3, 0.4) is 0 Å². The molecule has 5 atom stereocenters. The van der Waals surface area contributed by atoms with Crippen LogP contribution >= 0.6 is 0 Å². The first kappa shape index (κ1) is 16.2. The average molecular weight is 284 g/mol. The van der Waals surface area contributed by atoms with E-state index in [-0.39, 0.29) is 0 Å². The van der Waals surface area contributed by atoms with Gasteiger partial charge in [-0.3, -0.25) is 10.3 Å². The quantitative estimate of drug-likeness (QED) is 0.544. The smallest absolute Gasteiger partial charge is 0.0778 e. The highest BCUT2D eigenvalue weighted by molar-refractivity contribution is 4.79. The van der Waals surface area contributed by atoms with Gasteiger partial charge in [0.2, 0.25) is 0 Å². The second kappa shape index (κ2) is 8.29. The zero-order chi connectivity index (χ0) is 14.4. The van der Waals surface area contributed by atoms with E-state index >= 15 is 0 Å². The van der Waals surface area contributed by atoms with E-state index < -0.39 is 0 Å². The van der Waals surface area contributed by atoms with Crippen LogP contribution in [0.1, 0.15) is 52.9 Å². The summed E-state index contributed by atoms with van der Waals surface area (Å²) in [5.41, 5.74) is 9.62. The predicted molar refractivity (Wildman–Crippen MR) is 81.8 cm³/mol. The molecule has 5 nitrogen and oxygen atoms in total. The molecule has 0 amide bonds. The molecule has 2 fully saturated rings. The molecule has 4 N–H and O–H groups in total. The largest absolute Gasteiger partial charge is 0.301 e. The molecule has 0 aromatic rings. The molecule has 0 spiro atoms. The summed E-state index contributed by atoms with van der Waals surface area (Å²) in [5, 5.41) is 3.62. The number of hydroxylamine groups is 1. The zero-order valence-electron chi connectivity index (χ0n) is 13.2. The topological polar surface area (TPSA) is 57.4 Å². The van der Waals surface area contributed by atoms with Gasteiger partial charge in [0.25, 0.3) is 0 Å². The van der Waals surface area contributed by atoms with Gasteiger partial charge in [0.05, 0.1) is 12.3 Å². The van der Waals surface area contributed by atoms with Crippen molar-refractivity contribution in [3.8, 4) is 0 Å². The molecule has 0 aliphatic carbocycles. The molecule has 0 saturated carbocycles. The average Bonchev–Trinajstić information content (AvgIpc) is 3.10. The second-order valence-electron chi connectivity index (χ2n) is 6.54. The van der Waals surface area contributed by atoms with E-state index in [4.69, 9.17) is 4.84 Å². The third kappa shape index (κ3) is 4.97. The normalized spacial score (nSPS) is 33.5. The molecule has 20 heavy (non-hydrogen) atoms. The van der Waals surface area contributed by atoms with Crippen molar-refractivity contribution in [3.05, 3.63) is 0 Å². The van der Waals surface area contributed by atoms with E-state index in [1.807, 2.05) is 0 Å². The first-order valence-electron chi connectivity index (χ1n) is 8.32. The molecular formula is C15H32N4O. The van der Waals surface area contributed by atoms with E-state index in [9.17, 15) is 0 Å². The van der Waals surface area contributed by atoms with Crippen LogP contribution in [0.4, 0.5) is 0 Å². The highest BCUT2D eigenvalue weighted by Crippen LogP contribution is 2.23. The summed E-state index contributed by atoms with van der Waals surface area (Å²) >= 11 is 0. The fraction of sp³-hybridized carbons (Fsp3) is 1.00. The summed E-state index contributed by atoms with van der Waals surface area (Å²) in [6, 6.07) is 0.538. The number of hydrogen-bond donors (Lipinski definition) is 4. The van der Waals surface area contributed by atoms with Crippen LogP contribution in [0.15, 0.2) is 0 Å². The van der Waals surface area contributed by atoms with E-state index in [1.165, 1.54) is 25.7 Å². The molecule has 0 radical (unpaired) electrons. The second-order valence-corrected chi connectivity index (χ2v) is 6.54. The van der Waals surface area contributed by atoms with Gasteiger partial charge in [-0.15, -0.1) is 0 Å². The Labute approximate surface area is 123 Å². The highest BCUT2D eigenvalue weighted by atomic mass is 16.7. The van der Waals surface area contributed by atoms with Gasteiger partial charge in [0, 0.05) is 12.6 Å². The lowest BCUT2D eigenvalue weighted by Gasteiger charge is -2.23. The Balaban J connectivity index is 1.62. The molecule has 5 unspecified atom stereocenters. The van der Waals surface area contributed by atoms with Gasteiger partial charge in [-0.05, 0) is 51.0 Å². The van der Waals surface area contributed by atoms with E-state index in [0.717, 1.165) is 25.4 Å². The summed E-state index contributed by atoms with van der Waals surface area (Å²) in [7, 11) is 0. The Bertz CT molecular complexity index is 271. The van der Waals surface area contributed by atoms with Crippen LogP contribution in [-0.4, -0.2) is 31.4 Å². The Morgan fingerprint density at radius 1 is 1.35 bits per heavy atom. The summed E-state index contributed by atoms with van der Waals surface area (Å²) in [4.78, 5) is 5.46. The maximum absolute atomic E-state index is 5.46. The van der Waals surface area contributed by atoms with Crippen LogP contribution in [0.2, 0.25) is 0 Å². The van der Waals surface area contributed by atoms with Crippen LogP contribution in [-0.2, 0) is 4.84 Å². The summed E-state index contributed by atoms with van der Waals surface area (Å²) in [6.45, 7) is 8.98. The molecule has 0 bridgehead atoms. The minimum atomic E-state index is 0.368. The van der Waals surface area contributed by atoms with Crippen molar-refractivity contribution in [2.75, 3.05) is 13.1 Å². The lowest BCUT2D eigenvalue weighted by molar-refractivity contribution is 0.0306. The maximum atomic E-state index is 5.46. The van der Waals surface area contributed by atoms with Crippen molar-refractivity contribution in [3.63, 3.8) is 0 Å². The molecule has 2 heterocycles. The van der Waals surface area contributed by atoms with Crippen molar-refractivity contribution in [2.45, 2.75) is 71.2 Å². The van der Waals surface area contributed by atoms with Gasteiger partial charge in [0.15, 0.2) is 0 Å². The van der Waals surface area contributed by atoms with Crippen molar-refractivity contribution < 1.29 is 4.84 Å². The molecule has 0 aromatic carbocycles.